The molecule has 0 fully saturated rings. The Bertz CT molecular complexity index is 276. The summed E-state index contributed by atoms with van der Waals surface area (Å²) >= 11 is 3.17. The zero-order chi connectivity index (χ0) is 9.14. The third-order valence-electron chi connectivity index (χ3n) is 1.42. The van der Waals surface area contributed by atoms with Gasteiger partial charge in [-0.15, -0.1) is 0 Å². The summed E-state index contributed by atoms with van der Waals surface area (Å²) in [5.74, 6) is 0. The molecule has 4 heteroatoms. The van der Waals surface area contributed by atoms with Crippen molar-refractivity contribution in [1.82, 2.24) is 4.98 Å². The third kappa shape index (κ3) is 2.24. The van der Waals surface area contributed by atoms with E-state index in [9.17, 15) is 8.78 Å². The van der Waals surface area contributed by atoms with E-state index in [4.69, 9.17) is 0 Å². The number of nitrogens with zero attached hydrogens (tertiary/aromatic N) is 1. The Hall–Kier alpha value is -0.510. The van der Waals surface area contributed by atoms with Crippen LogP contribution in [-0.2, 0) is 5.33 Å². The van der Waals surface area contributed by atoms with Gasteiger partial charge < -0.3 is 0 Å². The van der Waals surface area contributed by atoms with Crippen LogP contribution in [0.4, 0.5) is 8.78 Å². The second-order valence-corrected chi connectivity index (χ2v) is 3.03. The highest BCUT2D eigenvalue weighted by molar-refractivity contribution is 9.08. The van der Waals surface area contributed by atoms with Gasteiger partial charge in [-0.05, 0) is 19.1 Å². The Kier molecular flexibility index (Phi) is 3.14. The number of halogens is 3. The molecule has 0 aromatic carbocycles. The van der Waals surface area contributed by atoms with E-state index in [2.05, 4.69) is 20.9 Å². The molecule has 0 aliphatic heterocycles. The van der Waals surface area contributed by atoms with Crippen LogP contribution in [0.5, 0.6) is 0 Å². The molecular weight excluding hydrogens is 228 g/mol. The molecular formula is C8H8BrF2N. The Morgan fingerprint density at radius 2 is 2.17 bits per heavy atom. The van der Waals surface area contributed by atoms with E-state index in [0.717, 1.165) is 0 Å². The summed E-state index contributed by atoms with van der Waals surface area (Å²) in [7, 11) is 0. The van der Waals surface area contributed by atoms with Crippen molar-refractivity contribution in [3.05, 3.63) is 29.1 Å². The summed E-state index contributed by atoms with van der Waals surface area (Å²) in [5.41, 5.74) is 1.31. The molecule has 12 heavy (non-hydrogen) atoms. The highest BCUT2D eigenvalue weighted by Crippen LogP contribution is 2.20. The molecule has 1 heterocycles. The molecule has 66 valence electrons. The lowest BCUT2D eigenvalue weighted by atomic mass is 10.2. The molecule has 0 aliphatic rings. The van der Waals surface area contributed by atoms with E-state index in [1.807, 2.05) is 0 Å². The van der Waals surface area contributed by atoms with Crippen molar-refractivity contribution in [3.8, 4) is 0 Å². The number of aryl methyl sites for hydroxylation is 1. The van der Waals surface area contributed by atoms with E-state index in [0.29, 0.717) is 16.7 Å². The zero-order valence-electron chi connectivity index (χ0n) is 6.52. The van der Waals surface area contributed by atoms with Gasteiger partial charge in [0.05, 0.1) is 5.69 Å². The highest BCUT2D eigenvalue weighted by Gasteiger charge is 2.08. The van der Waals surface area contributed by atoms with Crippen molar-refractivity contribution in [1.29, 1.82) is 0 Å². The fourth-order valence-corrected chi connectivity index (χ4v) is 1.25. The molecule has 1 rings (SSSR count). The first kappa shape index (κ1) is 9.58. The minimum atomic E-state index is -2.41. The fraction of sp³-hybridized carbons (Fsp3) is 0.375. The number of aromatic nitrogens is 1. The first-order chi connectivity index (χ1) is 5.63. The molecule has 0 atom stereocenters. The van der Waals surface area contributed by atoms with Crippen LogP contribution in [0, 0.1) is 6.92 Å². The average Bonchev–Trinajstić information content (AvgIpc) is 2.03. The van der Waals surface area contributed by atoms with Gasteiger partial charge in [0.25, 0.3) is 6.43 Å². The molecule has 0 saturated carbocycles. The van der Waals surface area contributed by atoms with Crippen LogP contribution >= 0.6 is 15.9 Å². The Morgan fingerprint density at radius 3 is 2.67 bits per heavy atom. The monoisotopic (exact) mass is 235 g/mol. The molecule has 0 N–H and O–H groups in total. The normalized spacial score (nSPS) is 10.8. The van der Waals surface area contributed by atoms with Crippen LogP contribution in [0.3, 0.4) is 0 Å². The maximum absolute atomic E-state index is 12.2. The lowest BCUT2D eigenvalue weighted by Gasteiger charge is -2.03. The minimum Gasteiger partial charge on any atom is -0.257 e. The van der Waals surface area contributed by atoms with Gasteiger partial charge >= 0.3 is 0 Å². The number of pyridine rings is 1. The predicted octanol–water partition coefficient (Wildman–Crippen LogP) is 3.22. The van der Waals surface area contributed by atoms with Gasteiger partial charge in [-0.1, -0.05) is 15.9 Å². The summed E-state index contributed by atoms with van der Waals surface area (Å²) in [6.07, 6.45) is -2.41. The topological polar surface area (TPSA) is 12.9 Å². The van der Waals surface area contributed by atoms with Crippen LogP contribution in [0.25, 0.3) is 0 Å². The van der Waals surface area contributed by atoms with Crippen molar-refractivity contribution >= 4 is 15.9 Å². The van der Waals surface area contributed by atoms with Gasteiger partial charge in [-0.2, -0.15) is 0 Å². The van der Waals surface area contributed by atoms with Gasteiger partial charge in [0.1, 0.15) is 0 Å². The number of rotatable bonds is 2. The summed E-state index contributed by atoms with van der Waals surface area (Å²) in [6, 6.07) is 2.81. The maximum atomic E-state index is 12.2. The molecule has 1 aromatic rings. The van der Waals surface area contributed by atoms with Crippen molar-refractivity contribution in [2.45, 2.75) is 18.7 Å². The van der Waals surface area contributed by atoms with Crippen LogP contribution in [-0.4, -0.2) is 4.98 Å². The van der Waals surface area contributed by atoms with E-state index >= 15 is 0 Å². The van der Waals surface area contributed by atoms with Crippen LogP contribution < -0.4 is 0 Å². The fourth-order valence-electron chi connectivity index (χ4n) is 0.961. The molecule has 0 radical (unpaired) electrons. The van der Waals surface area contributed by atoms with E-state index in [1.165, 1.54) is 12.1 Å². The standard InChI is InChI=1S/C8H8BrF2N/c1-5-2-6(8(10)11)3-7(4-9)12-5/h2-3,8H,4H2,1H3. The first-order valence-corrected chi connectivity index (χ1v) is 4.57. The largest absolute Gasteiger partial charge is 0.263 e. The molecule has 0 spiro atoms. The number of hydrogen-bond acceptors (Lipinski definition) is 1. The van der Waals surface area contributed by atoms with E-state index < -0.39 is 6.43 Å². The number of alkyl halides is 3. The van der Waals surface area contributed by atoms with Gasteiger partial charge in [0.15, 0.2) is 0 Å². The Morgan fingerprint density at radius 1 is 1.50 bits per heavy atom. The van der Waals surface area contributed by atoms with Gasteiger partial charge in [0, 0.05) is 16.6 Å². The molecule has 1 nitrogen and oxygen atoms in total. The first-order valence-electron chi connectivity index (χ1n) is 3.45. The van der Waals surface area contributed by atoms with Crippen molar-refractivity contribution < 1.29 is 8.78 Å². The molecule has 0 saturated heterocycles. The second-order valence-electron chi connectivity index (χ2n) is 2.47. The van der Waals surface area contributed by atoms with Crippen molar-refractivity contribution in [2.24, 2.45) is 0 Å². The quantitative estimate of drug-likeness (QED) is 0.718. The van der Waals surface area contributed by atoms with Crippen molar-refractivity contribution in [2.75, 3.05) is 0 Å². The van der Waals surface area contributed by atoms with E-state index in [1.54, 1.807) is 6.92 Å². The van der Waals surface area contributed by atoms with Gasteiger partial charge in [-0.25, -0.2) is 8.78 Å². The molecule has 0 amide bonds. The summed E-state index contributed by atoms with van der Waals surface area (Å²) in [5, 5.41) is 0.508. The van der Waals surface area contributed by atoms with Crippen LogP contribution in [0.2, 0.25) is 0 Å². The van der Waals surface area contributed by atoms with Gasteiger partial charge in [0.2, 0.25) is 0 Å². The van der Waals surface area contributed by atoms with Gasteiger partial charge in [-0.3, -0.25) is 4.98 Å². The lowest BCUT2D eigenvalue weighted by Crippen LogP contribution is -1.93. The molecule has 0 aliphatic carbocycles. The smallest absolute Gasteiger partial charge is 0.257 e. The lowest BCUT2D eigenvalue weighted by molar-refractivity contribution is 0.151. The molecule has 1 aromatic heterocycles. The SMILES string of the molecule is Cc1cc(C(F)F)cc(CBr)n1. The second kappa shape index (κ2) is 3.94. The summed E-state index contributed by atoms with van der Waals surface area (Å²) in [6.45, 7) is 1.71. The summed E-state index contributed by atoms with van der Waals surface area (Å²) < 4.78 is 24.4. The molecule has 0 bridgehead atoms. The highest BCUT2D eigenvalue weighted by atomic mass is 79.9. The average molecular weight is 236 g/mol. The van der Waals surface area contributed by atoms with Crippen LogP contribution in [0.1, 0.15) is 23.4 Å². The van der Waals surface area contributed by atoms with E-state index in [-0.39, 0.29) is 5.56 Å². The number of hydrogen-bond donors (Lipinski definition) is 0. The Balaban J connectivity index is 3.06. The minimum absolute atomic E-state index is 0.0388. The summed E-state index contributed by atoms with van der Waals surface area (Å²) in [4.78, 5) is 4.05. The third-order valence-corrected chi connectivity index (χ3v) is 1.99. The maximum Gasteiger partial charge on any atom is 0.263 e. The zero-order valence-corrected chi connectivity index (χ0v) is 8.11. The molecule has 0 unspecified atom stereocenters. The van der Waals surface area contributed by atoms with Crippen LogP contribution in [0.15, 0.2) is 12.1 Å². The van der Waals surface area contributed by atoms with Crippen molar-refractivity contribution in [3.63, 3.8) is 0 Å². The Labute approximate surface area is 77.9 Å². The predicted molar refractivity (Wildman–Crippen MR) is 46.6 cm³/mol.